The van der Waals surface area contributed by atoms with Crippen LogP contribution < -0.4 is 11.2 Å². The average molecular weight is 195 g/mol. The molecule has 0 aromatic heterocycles. The third-order valence-electron chi connectivity index (χ3n) is 2.55. The molecule has 3 N–H and O–H groups in total. The number of nitrogens with one attached hydrogen (secondary N) is 1. The van der Waals surface area contributed by atoms with E-state index in [0.29, 0.717) is 0 Å². The number of amides is 2. The van der Waals surface area contributed by atoms with E-state index >= 15 is 0 Å². The summed E-state index contributed by atoms with van der Waals surface area (Å²) < 4.78 is 5.68. The predicted octanol–water partition coefficient (Wildman–Crippen LogP) is 0.374. The third kappa shape index (κ3) is 1.63. The number of nitrogens with zero attached hydrogens (tertiary/aromatic N) is 1. The molecule has 3 unspecified atom stereocenters. The number of rotatable bonds is 2. The van der Waals surface area contributed by atoms with Crippen molar-refractivity contribution in [2.45, 2.75) is 25.0 Å². The maximum atomic E-state index is 10.3. The smallest absolute Gasteiger partial charge is 0.332 e. The highest BCUT2D eigenvalue weighted by Crippen LogP contribution is 2.40. The molecule has 2 aliphatic rings. The van der Waals surface area contributed by atoms with Crippen molar-refractivity contribution in [1.29, 1.82) is 0 Å². The van der Waals surface area contributed by atoms with Crippen molar-refractivity contribution in [3.05, 3.63) is 12.2 Å². The van der Waals surface area contributed by atoms with E-state index in [0.717, 1.165) is 6.42 Å². The van der Waals surface area contributed by atoms with Gasteiger partial charge < -0.3 is 10.5 Å². The van der Waals surface area contributed by atoms with Crippen LogP contribution in [0.15, 0.2) is 17.3 Å². The van der Waals surface area contributed by atoms with Crippen molar-refractivity contribution in [2.75, 3.05) is 0 Å². The monoisotopic (exact) mass is 195 g/mol. The first-order valence-electron chi connectivity index (χ1n) is 4.55. The summed E-state index contributed by atoms with van der Waals surface area (Å²) >= 11 is 0. The Morgan fingerprint density at radius 2 is 2.64 bits per heavy atom. The van der Waals surface area contributed by atoms with Crippen molar-refractivity contribution >= 4 is 12.2 Å². The van der Waals surface area contributed by atoms with Gasteiger partial charge in [-0.2, -0.15) is 5.10 Å². The second-order valence-corrected chi connectivity index (χ2v) is 3.88. The number of primary amides is 1. The zero-order valence-corrected chi connectivity index (χ0v) is 7.93. The predicted molar refractivity (Wildman–Crippen MR) is 51.7 cm³/mol. The minimum Gasteiger partial charge on any atom is -0.363 e. The van der Waals surface area contributed by atoms with Gasteiger partial charge in [-0.25, -0.2) is 10.2 Å². The van der Waals surface area contributed by atoms with Crippen LogP contribution in [0.25, 0.3) is 0 Å². The van der Waals surface area contributed by atoms with E-state index in [1.165, 1.54) is 0 Å². The second kappa shape index (κ2) is 3.09. The number of nitrogens with two attached hydrogens (primary N) is 1. The maximum absolute atomic E-state index is 10.3. The quantitative estimate of drug-likeness (QED) is 0.379. The zero-order valence-electron chi connectivity index (χ0n) is 7.93. The molecule has 5 nitrogen and oxygen atoms in total. The minimum atomic E-state index is -0.646. The van der Waals surface area contributed by atoms with Gasteiger partial charge >= 0.3 is 6.03 Å². The summed E-state index contributed by atoms with van der Waals surface area (Å²) in [6.45, 7) is 2.04. The molecule has 0 radical (unpaired) electrons. The normalized spacial score (nSPS) is 39.5. The molecule has 1 saturated heterocycles. The Morgan fingerprint density at radius 3 is 3.14 bits per heavy atom. The van der Waals surface area contributed by atoms with Crippen LogP contribution in [0.5, 0.6) is 0 Å². The maximum Gasteiger partial charge on any atom is 0.332 e. The molecule has 0 aromatic carbocycles. The molecule has 2 rings (SSSR count). The third-order valence-corrected chi connectivity index (χ3v) is 2.55. The molecule has 3 atom stereocenters. The molecule has 2 bridgehead atoms. The van der Waals surface area contributed by atoms with Crippen molar-refractivity contribution < 1.29 is 9.53 Å². The van der Waals surface area contributed by atoms with Crippen LogP contribution in [0.1, 0.15) is 13.3 Å². The summed E-state index contributed by atoms with van der Waals surface area (Å²) in [6, 6.07) is -0.646. The molecule has 0 aliphatic carbocycles. The Labute approximate surface area is 82.0 Å². The van der Waals surface area contributed by atoms with Crippen LogP contribution in [-0.4, -0.2) is 24.0 Å². The van der Waals surface area contributed by atoms with Crippen LogP contribution >= 0.6 is 0 Å². The van der Waals surface area contributed by atoms with Gasteiger partial charge in [0.1, 0.15) is 0 Å². The van der Waals surface area contributed by atoms with E-state index in [2.05, 4.69) is 16.6 Å². The zero-order chi connectivity index (χ0) is 10.2. The number of hydrazone groups is 1. The van der Waals surface area contributed by atoms with Crippen LogP contribution in [0.4, 0.5) is 4.79 Å². The Bertz CT molecular complexity index is 313. The Hall–Kier alpha value is -1.36. The van der Waals surface area contributed by atoms with Crippen LogP contribution in [0.2, 0.25) is 0 Å². The standard InChI is InChI=1S/C9H13N3O2/c1-9-3-2-7(14-9)6(4-9)5-11-12-8(10)13/h2-3,5-7H,4H2,1H3,(H3,10,12,13)/b11-5+. The molecule has 2 heterocycles. The summed E-state index contributed by atoms with van der Waals surface area (Å²) in [4.78, 5) is 10.3. The molecule has 0 spiro atoms. The van der Waals surface area contributed by atoms with Gasteiger partial charge in [-0.05, 0) is 13.3 Å². The average Bonchev–Trinajstić information content (AvgIpc) is 2.58. The van der Waals surface area contributed by atoms with Gasteiger partial charge in [0.15, 0.2) is 0 Å². The van der Waals surface area contributed by atoms with E-state index in [4.69, 9.17) is 10.5 Å². The lowest BCUT2D eigenvalue weighted by atomic mass is 9.88. The Balaban J connectivity index is 1.93. The molecule has 0 aromatic rings. The number of hydrogen-bond acceptors (Lipinski definition) is 3. The second-order valence-electron chi connectivity index (χ2n) is 3.88. The van der Waals surface area contributed by atoms with Crippen LogP contribution in [0, 0.1) is 5.92 Å². The lowest BCUT2D eigenvalue weighted by Crippen LogP contribution is -2.26. The molecule has 2 amide bonds. The molecule has 2 aliphatic heterocycles. The highest BCUT2D eigenvalue weighted by atomic mass is 16.5. The molecule has 1 fully saturated rings. The Kier molecular flexibility index (Phi) is 2.03. The molecule has 0 saturated carbocycles. The number of urea groups is 1. The van der Waals surface area contributed by atoms with Crippen molar-refractivity contribution in [3.63, 3.8) is 0 Å². The topological polar surface area (TPSA) is 76.7 Å². The van der Waals surface area contributed by atoms with E-state index in [-0.39, 0.29) is 17.6 Å². The number of hydrogen-bond donors (Lipinski definition) is 2. The van der Waals surface area contributed by atoms with Crippen LogP contribution in [0.3, 0.4) is 0 Å². The SMILES string of the molecule is CC12C=CC(O1)C(/C=N/NC(N)=O)C2. The van der Waals surface area contributed by atoms with E-state index < -0.39 is 6.03 Å². The highest BCUT2D eigenvalue weighted by Gasteiger charge is 2.44. The van der Waals surface area contributed by atoms with Crippen LogP contribution in [-0.2, 0) is 4.74 Å². The summed E-state index contributed by atoms with van der Waals surface area (Å²) in [6.07, 6.45) is 6.79. The van der Waals surface area contributed by atoms with Gasteiger partial charge in [-0.1, -0.05) is 12.2 Å². The summed E-state index contributed by atoms with van der Waals surface area (Å²) in [5, 5.41) is 3.74. The fraction of sp³-hybridized carbons (Fsp3) is 0.556. The van der Waals surface area contributed by atoms with E-state index in [1.807, 2.05) is 13.0 Å². The van der Waals surface area contributed by atoms with Gasteiger partial charge in [-0.3, -0.25) is 0 Å². The van der Waals surface area contributed by atoms with Crippen molar-refractivity contribution in [2.24, 2.45) is 16.8 Å². The lowest BCUT2D eigenvalue weighted by Gasteiger charge is -2.15. The minimum absolute atomic E-state index is 0.0958. The first-order valence-corrected chi connectivity index (χ1v) is 4.55. The summed E-state index contributed by atoms with van der Waals surface area (Å²) in [5.41, 5.74) is 6.90. The lowest BCUT2D eigenvalue weighted by molar-refractivity contribution is 0.0446. The number of fused-ring (bicyclic) bond motifs is 2. The van der Waals surface area contributed by atoms with Gasteiger partial charge in [0.25, 0.3) is 0 Å². The van der Waals surface area contributed by atoms with Gasteiger partial charge in [0.05, 0.1) is 11.7 Å². The fourth-order valence-electron chi connectivity index (χ4n) is 1.95. The first-order chi connectivity index (χ1) is 6.59. The molecular formula is C9H13N3O2. The van der Waals surface area contributed by atoms with Crippen molar-refractivity contribution in [3.8, 4) is 0 Å². The summed E-state index contributed by atoms with van der Waals surface area (Å²) in [7, 11) is 0. The molecule has 76 valence electrons. The first kappa shape index (κ1) is 9.21. The van der Waals surface area contributed by atoms with Gasteiger partial charge in [-0.15, -0.1) is 0 Å². The Morgan fingerprint density at radius 1 is 1.86 bits per heavy atom. The number of carbonyl (C=O) groups is 1. The van der Waals surface area contributed by atoms with Gasteiger partial charge in [0, 0.05) is 12.1 Å². The summed E-state index contributed by atoms with van der Waals surface area (Å²) in [5.74, 6) is 0.233. The van der Waals surface area contributed by atoms with E-state index in [1.54, 1.807) is 6.21 Å². The van der Waals surface area contributed by atoms with Crippen molar-refractivity contribution in [1.82, 2.24) is 5.43 Å². The molecule has 14 heavy (non-hydrogen) atoms. The highest BCUT2D eigenvalue weighted by molar-refractivity contribution is 5.73. The van der Waals surface area contributed by atoms with Gasteiger partial charge in [0.2, 0.25) is 0 Å². The number of carbonyl (C=O) groups excluding carboxylic acids is 1. The molecular weight excluding hydrogens is 182 g/mol. The molecule has 5 heteroatoms. The fourth-order valence-corrected chi connectivity index (χ4v) is 1.95. The number of ether oxygens (including phenoxy) is 1. The largest absolute Gasteiger partial charge is 0.363 e. The van der Waals surface area contributed by atoms with E-state index in [9.17, 15) is 4.79 Å².